The van der Waals surface area contributed by atoms with E-state index in [-0.39, 0.29) is 0 Å². The summed E-state index contributed by atoms with van der Waals surface area (Å²) < 4.78 is 0. The summed E-state index contributed by atoms with van der Waals surface area (Å²) in [6, 6.07) is 9.10. The highest BCUT2D eigenvalue weighted by Crippen LogP contribution is 2.17. The smallest absolute Gasteiger partial charge is 0.0918 e. The average Bonchev–Trinajstić information content (AvgIpc) is 3.16. The summed E-state index contributed by atoms with van der Waals surface area (Å²) in [6.45, 7) is 21.2. The Morgan fingerprint density at radius 1 is 1.22 bits per heavy atom. The molecular weight excluding hydrogens is 394 g/mol. The molecule has 1 aliphatic rings. The summed E-state index contributed by atoms with van der Waals surface area (Å²) in [4.78, 5) is 7.72. The quantitative estimate of drug-likeness (QED) is 0.524. The third-order valence-electron chi connectivity index (χ3n) is 4.42. The molecule has 0 bridgehead atoms. The molecule has 3 N–H and O–H groups in total. The first-order valence-electron chi connectivity index (χ1n) is 12.0. The fourth-order valence-corrected chi connectivity index (χ4v) is 3.19. The van der Waals surface area contributed by atoms with Crippen molar-refractivity contribution in [2.24, 2.45) is 0 Å². The monoisotopic (exact) mass is 443 g/mol. The molecule has 2 heterocycles. The van der Waals surface area contributed by atoms with Crippen LogP contribution >= 0.6 is 0 Å². The maximum atomic E-state index is 4.10. The standard InChI is InChI=1S/C19H26N4.C3H9N.C3H8.C2H6/c1-4-23-9-5-6-17(13-23)21-15(3)20-12-18-11-16-8-7-14(2)10-19(16)22-18;1-4(2)3;1-3-2;1-2/h4,7-8,10-11,17,20-22H,1,3,5-6,9,12-13H2,2H3;1-3H3;3H2,1-2H3;1-2H3. The number of likely N-dealkylation sites (tertiary alicyclic amines) is 1. The first kappa shape index (κ1) is 29.6. The number of fused-ring (bicyclic) bond motifs is 1. The van der Waals surface area contributed by atoms with Gasteiger partial charge >= 0.3 is 0 Å². The van der Waals surface area contributed by atoms with Crippen molar-refractivity contribution in [2.45, 2.75) is 66.5 Å². The molecule has 5 nitrogen and oxygen atoms in total. The lowest BCUT2D eigenvalue weighted by Gasteiger charge is -2.33. The second kappa shape index (κ2) is 17.2. The number of nitrogens with zero attached hydrogens (tertiary/aromatic N) is 2. The summed E-state index contributed by atoms with van der Waals surface area (Å²) in [5.41, 5.74) is 3.63. The Morgan fingerprint density at radius 2 is 1.84 bits per heavy atom. The minimum atomic E-state index is 0.437. The van der Waals surface area contributed by atoms with E-state index in [2.05, 4.69) is 78.7 Å². The van der Waals surface area contributed by atoms with E-state index in [1.54, 1.807) is 0 Å². The van der Waals surface area contributed by atoms with Crippen LogP contribution in [0.4, 0.5) is 0 Å². The highest BCUT2D eigenvalue weighted by Gasteiger charge is 2.17. The molecule has 32 heavy (non-hydrogen) atoms. The Hall–Kier alpha value is -2.40. The molecule has 0 radical (unpaired) electrons. The zero-order valence-electron chi connectivity index (χ0n) is 22.0. The Morgan fingerprint density at radius 3 is 2.44 bits per heavy atom. The van der Waals surface area contributed by atoms with Crippen molar-refractivity contribution in [1.29, 1.82) is 0 Å². The highest BCUT2D eigenvalue weighted by atomic mass is 15.2. The van der Waals surface area contributed by atoms with Gasteiger partial charge in [0.25, 0.3) is 0 Å². The van der Waals surface area contributed by atoms with Crippen LogP contribution in [0.1, 0.15) is 58.2 Å². The van der Waals surface area contributed by atoms with Crippen LogP contribution in [0.2, 0.25) is 0 Å². The van der Waals surface area contributed by atoms with Crippen LogP contribution in [0.3, 0.4) is 0 Å². The van der Waals surface area contributed by atoms with Gasteiger partial charge in [-0.05, 0) is 70.2 Å². The average molecular weight is 444 g/mol. The van der Waals surface area contributed by atoms with Gasteiger partial charge in [-0.2, -0.15) is 0 Å². The Bertz CT molecular complexity index is 760. The van der Waals surface area contributed by atoms with Crippen molar-refractivity contribution in [1.82, 2.24) is 25.4 Å². The van der Waals surface area contributed by atoms with Crippen molar-refractivity contribution in [3.05, 3.63) is 60.7 Å². The Balaban J connectivity index is 0.000000926. The summed E-state index contributed by atoms with van der Waals surface area (Å²) in [6.07, 6.45) is 5.55. The molecule has 2 aromatic rings. The zero-order valence-corrected chi connectivity index (χ0v) is 22.0. The maximum Gasteiger partial charge on any atom is 0.0918 e. The largest absolute Gasteiger partial charge is 0.376 e. The van der Waals surface area contributed by atoms with Crippen molar-refractivity contribution in [2.75, 3.05) is 34.2 Å². The summed E-state index contributed by atoms with van der Waals surface area (Å²) >= 11 is 0. The Labute approximate surface area is 198 Å². The van der Waals surface area contributed by atoms with E-state index in [1.165, 1.54) is 41.4 Å². The number of hydrogen-bond acceptors (Lipinski definition) is 4. The van der Waals surface area contributed by atoms with Gasteiger partial charge < -0.3 is 25.4 Å². The van der Waals surface area contributed by atoms with Crippen molar-refractivity contribution >= 4 is 10.9 Å². The third kappa shape index (κ3) is 12.5. The molecule has 1 aliphatic heterocycles. The van der Waals surface area contributed by atoms with Crippen LogP contribution in [-0.4, -0.2) is 55.1 Å². The van der Waals surface area contributed by atoms with Gasteiger partial charge in [-0.3, -0.25) is 0 Å². The maximum absolute atomic E-state index is 4.10. The number of benzene rings is 1. The van der Waals surface area contributed by atoms with E-state index >= 15 is 0 Å². The lowest BCUT2D eigenvalue weighted by Crippen LogP contribution is -2.44. The molecule has 1 atom stereocenters. The molecule has 0 spiro atoms. The molecule has 1 fully saturated rings. The third-order valence-corrected chi connectivity index (χ3v) is 4.42. The Kier molecular flexibility index (Phi) is 15.9. The van der Waals surface area contributed by atoms with Crippen LogP contribution in [0, 0.1) is 6.92 Å². The lowest BCUT2D eigenvalue weighted by atomic mass is 10.1. The van der Waals surface area contributed by atoms with Gasteiger partial charge in [0.15, 0.2) is 0 Å². The molecule has 1 aromatic heterocycles. The second-order valence-electron chi connectivity index (χ2n) is 8.43. The number of rotatable bonds is 6. The normalized spacial score (nSPS) is 14.8. The van der Waals surface area contributed by atoms with Gasteiger partial charge in [0.1, 0.15) is 0 Å². The minimum absolute atomic E-state index is 0.437. The highest BCUT2D eigenvalue weighted by molar-refractivity contribution is 5.81. The SMILES string of the molecule is C=CN1CCCC(NC(=C)NCc2cc3ccc(C)cc3[nH]2)C1.CC.CCC.CN(C)C. The number of aromatic amines is 1. The number of nitrogens with one attached hydrogen (secondary N) is 3. The second-order valence-corrected chi connectivity index (χ2v) is 8.43. The molecule has 1 saturated heterocycles. The van der Waals surface area contributed by atoms with E-state index in [1.807, 2.05) is 46.1 Å². The van der Waals surface area contributed by atoms with Crippen molar-refractivity contribution < 1.29 is 0 Å². The van der Waals surface area contributed by atoms with Crippen molar-refractivity contribution in [3.63, 3.8) is 0 Å². The van der Waals surface area contributed by atoms with Crippen LogP contribution in [-0.2, 0) is 6.54 Å². The van der Waals surface area contributed by atoms with Gasteiger partial charge in [0, 0.05) is 30.3 Å². The van der Waals surface area contributed by atoms with E-state index in [4.69, 9.17) is 0 Å². The lowest BCUT2D eigenvalue weighted by molar-refractivity contribution is 0.259. The predicted octanol–water partition coefficient (Wildman–Crippen LogP) is 5.85. The molecule has 5 heteroatoms. The van der Waals surface area contributed by atoms with Crippen LogP contribution < -0.4 is 10.6 Å². The number of aryl methyl sites for hydroxylation is 1. The number of piperidine rings is 1. The zero-order chi connectivity index (χ0) is 24.5. The summed E-state index contributed by atoms with van der Waals surface area (Å²) in [5, 5.41) is 8.11. The van der Waals surface area contributed by atoms with Crippen LogP contribution in [0.5, 0.6) is 0 Å². The number of hydrogen-bond donors (Lipinski definition) is 3. The first-order chi connectivity index (χ1) is 15.3. The fourth-order valence-electron chi connectivity index (χ4n) is 3.19. The molecular formula is C27H49N5. The van der Waals surface area contributed by atoms with Gasteiger partial charge in [0.2, 0.25) is 0 Å². The summed E-state index contributed by atoms with van der Waals surface area (Å²) in [7, 11) is 6.00. The van der Waals surface area contributed by atoms with Crippen LogP contribution in [0.15, 0.2) is 49.4 Å². The molecule has 0 aliphatic carbocycles. The van der Waals surface area contributed by atoms with Crippen molar-refractivity contribution in [3.8, 4) is 0 Å². The van der Waals surface area contributed by atoms with Gasteiger partial charge in [-0.25, -0.2) is 0 Å². The number of aromatic nitrogens is 1. The van der Waals surface area contributed by atoms with E-state index in [9.17, 15) is 0 Å². The minimum Gasteiger partial charge on any atom is -0.376 e. The van der Waals surface area contributed by atoms with E-state index < -0.39 is 0 Å². The van der Waals surface area contributed by atoms with Gasteiger partial charge in [-0.15, -0.1) is 0 Å². The molecule has 0 amide bonds. The predicted molar refractivity (Wildman–Crippen MR) is 144 cm³/mol. The molecule has 1 unspecified atom stereocenters. The van der Waals surface area contributed by atoms with Gasteiger partial charge in [0.05, 0.1) is 12.4 Å². The summed E-state index contributed by atoms with van der Waals surface area (Å²) in [5.74, 6) is 0.885. The molecule has 182 valence electrons. The van der Waals surface area contributed by atoms with Gasteiger partial charge in [-0.1, -0.05) is 59.4 Å². The molecule has 0 saturated carbocycles. The van der Waals surface area contributed by atoms with E-state index in [0.717, 1.165) is 25.5 Å². The first-order valence-corrected chi connectivity index (χ1v) is 12.0. The number of H-pyrrole nitrogens is 1. The fraction of sp³-hybridized carbons (Fsp3) is 0.556. The molecule has 1 aromatic carbocycles. The topological polar surface area (TPSA) is 46.3 Å². The van der Waals surface area contributed by atoms with Crippen LogP contribution in [0.25, 0.3) is 10.9 Å². The van der Waals surface area contributed by atoms with E-state index in [0.29, 0.717) is 6.04 Å². The molecule has 3 rings (SSSR count).